The summed E-state index contributed by atoms with van der Waals surface area (Å²) >= 11 is 5.94. The first kappa shape index (κ1) is 19.2. The van der Waals surface area contributed by atoms with Crippen LogP contribution in [0.25, 0.3) is 5.69 Å². The summed E-state index contributed by atoms with van der Waals surface area (Å²) in [5, 5.41) is 4.54. The van der Waals surface area contributed by atoms with Gasteiger partial charge in [-0.05, 0) is 43.3 Å². The topological polar surface area (TPSA) is 61.2 Å². The highest BCUT2D eigenvalue weighted by molar-refractivity contribution is 7.87. The smallest absolute Gasteiger partial charge is 0.358 e. The number of aryl methyl sites for hydroxylation is 1. The molecule has 0 aliphatic heterocycles. The van der Waals surface area contributed by atoms with Crippen molar-refractivity contribution < 1.29 is 25.8 Å². The molecule has 5 nitrogen and oxygen atoms in total. The third-order valence-electron chi connectivity index (χ3n) is 3.50. The predicted molar refractivity (Wildman–Crippen MR) is 92.6 cm³/mol. The van der Waals surface area contributed by atoms with Crippen molar-refractivity contribution >= 4 is 21.7 Å². The molecule has 0 saturated carbocycles. The van der Waals surface area contributed by atoms with E-state index in [0.29, 0.717) is 22.5 Å². The van der Waals surface area contributed by atoms with Crippen LogP contribution in [-0.4, -0.2) is 18.2 Å². The first-order valence-corrected chi connectivity index (χ1v) is 9.29. The molecule has 1 heterocycles. The fourth-order valence-corrected chi connectivity index (χ4v) is 3.46. The molecule has 1 aromatic heterocycles. The van der Waals surface area contributed by atoms with E-state index in [1.54, 1.807) is 25.1 Å². The van der Waals surface area contributed by atoms with Crippen LogP contribution < -0.4 is 4.18 Å². The Morgan fingerprint density at radius 1 is 1.07 bits per heavy atom. The Morgan fingerprint density at radius 3 is 2.44 bits per heavy atom. The maximum atomic E-state index is 12.8. The second-order valence-electron chi connectivity index (χ2n) is 5.58. The van der Waals surface area contributed by atoms with Gasteiger partial charge in [0.1, 0.15) is 4.90 Å². The van der Waals surface area contributed by atoms with Gasteiger partial charge < -0.3 is 4.18 Å². The molecule has 0 bridgehead atoms. The van der Waals surface area contributed by atoms with E-state index in [-0.39, 0.29) is 5.88 Å². The lowest BCUT2D eigenvalue weighted by Crippen LogP contribution is -2.14. The second-order valence-corrected chi connectivity index (χ2v) is 7.56. The summed E-state index contributed by atoms with van der Waals surface area (Å²) in [6, 6.07) is 11.1. The van der Waals surface area contributed by atoms with Crippen LogP contribution >= 0.6 is 11.6 Å². The Morgan fingerprint density at radius 2 is 1.78 bits per heavy atom. The minimum absolute atomic E-state index is 0.174. The van der Waals surface area contributed by atoms with Crippen molar-refractivity contribution in [3.63, 3.8) is 0 Å². The first-order valence-electron chi connectivity index (χ1n) is 7.51. The minimum Gasteiger partial charge on any atom is -0.358 e. The number of halogens is 4. The molecular formula is C17H12ClF3N2O3S. The maximum absolute atomic E-state index is 12.8. The lowest BCUT2D eigenvalue weighted by Gasteiger charge is -2.11. The third-order valence-corrected chi connectivity index (χ3v) is 4.95. The zero-order chi connectivity index (χ0) is 19.8. The van der Waals surface area contributed by atoms with Crippen LogP contribution in [0, 0.1) is 6.92 Å². The Bertz CT molecular complexity index is 1090. The van der Waals surface area contributed by atoms with Crippen LogP contribution in [0.1, 0.15) is 11.3 Å². The van der Waals surface area contributed by atoms with E-state index in [4.69, 9.17) is 15.8 Å². The van der Waals surface area contributed by atoms with E-state index >= 15 is 0 Å². The van der Waals surface area contributed by atoms with Crippen LogP contribution in [0.5, 0.6) is 5.88 Å². The van der Waals surface area contributed by atoms with Crippen molar-refractivity contribution in [2.75, 3.05) is 0 Å². The fraction of sp³-hybridized carbons (Fsp3) is 0.118. The summed E-state index contributed by atoms with van der Waals surface area (Å²) in [5.74, 6) is -0.174. The molecule has 27 heavy (non-hydrogen) atoms. The average Bonchev–Trinajstić information content (AvgIpc) is 2.94. The molecule has 0 atom stereocenters. The number of aromatic nitrogens is 2. The zero-order valence-corrected chi connectivity index (χ0v) is 15.3. The van der Waals surface area contributed by atoms with Crippen LogP contribution in [0.15, 0.2) is 59.5 Å². The number of hydrogen-bond acceptors (Lipinski definition) is 4. The highest BCUT2D eigenvalue weighted by Crippen LogP contribution is 2.31. The molecule has 0 unspecified atom stereocenters. The molecule has 0 aliphatic carbocycles. The van der Waals surface area contributed by atoms with Gasteiger partial charge in [0.25, 0.3) is 0 Å². The molecule has 0 spiro atoms. The Kier molecular flexibility index (Phi) is 4.92. The molecule has 2 aromatic carbocycles. The van der Waals surface area contributed by atoms with Gasteiger partial charge in [-0.3, -0.25) is 0 Å². The van der Waals surface area contributed by atoms with Crippen LogP contribution in [-0.2, 0) is 16.3 Å². The summed E-state index contributed by atoms with van der Waals surface area (Å²) in [5.41, 5.74) is -0.208. The average molecular weight is 417 g/mol. The highest BCUT2D eigenvalue weighted by Gasteiger charge is 2.32. The molecule has 3 aromatic rings. The van der Waals surface area contributed by atoms with Gasteiger partial charge in [0.15, 0.2) is 0 Å². The summed E-state index contributed by atoms with van der Waals surface area (Å²) < 4.78 is 69.8. The quantitative estimate of drug-likeness (QED) is 0.582. The highest BCUT2D eigenvalue weighted by atomic mass is 35.5. The second kappa shape index (κ2) is 6.90. The number of nitrogens with zero attached hydrogens (tertiary/aromatic N) is 2. The van der Waals surface area contributed by atoms with Gasteiger partial charge >= 0.3 is 16.3 Å². The summed E-state index contributed by atoms with van der Waals surface area (Å²) in [4.78, 5) is -0.617. The SMILES string of the molecule is Cc1cc(OS(=O)(=O)c2cccc(C(F)(F)F)c2)n(-c2cccc(Cl)c2)n1. The van der Waals surface area contributed by atoms with Gasteiger partial charge in [-0.25, -0.2) is 0 Å². The van der Waals surface area contributed by atoms with Crippen molar-refractivity contribution in [1.29, 1.82) is 0 Å². The standard InChI is InChI=1S/C17H12ClF3N2O3S/c1-11-8-16(23(22-11)14-6-3-5-13(18)10-14)26-27(24,25)15-7-2-4-12(9-15)17(19,20)21/h2-10H,1H3. The van der Waals surface area contributed by atoms with Crippen LogP contribution in [0.3, 0.4) is 0 Å². The van der Waals surface area contributed by atoms with E-state index in [0.717, 1.165) is 18.2 Å². The number of rotatable bonds is 4. The zero-order valence-electron chi connectivity index (χ0n) is 13.7. The molecule has 0 N–H and O–H groups in total. The Labute approximate surface area is 158 Å². The van der Waals surface area contributed by atoms with E-state index in [1.807, 2.05) is 0 Å². The molecule has 10 heteroatoms. The third kappa shape index (κ3) is 4.25. The van der Waals surface area contributed by atoms with Crippen molar-refractivity contribution in [2.24, 2.45) is 0 Å². The predicted octanol–water partition coefficient (Wildman–Crippen LogP) is 4.62. The molecule has 0 fully saturated rings. The first-order chi connectivity index (χ1) is 12.6. The van der Waals surface area contributed by atoms with Gasteiger partial charge in [-0.2, -0.15) is 31.4 Å². The number of hydrogen-bond donors (Lipinski definition) is 0. The molecular weight excluding hydrogens is 405 g/mol. The lowest BCUT2D eigenvalue weighted by molar-refractivity contribution is -0.137. The monoisotopic (exact) mass is 416 g/mol. The molecule has 0 saturated heterocycles. The maximum Gasteiger partial charge on any atom is 0.416 e. The van der Waals surface area contributed by atoms with E-state index in [2.05, 4.69) is 5.10 Å². The van der Waals surface area contributed by atoms with Crippen molar-refractivity contribution in [3.8, 4) is 11.6 Å². The van der Waals surface area contributed by atoms with Crippen molar-refractivity contribution in [2.45, 2.75) is 18.0 Å². The van der Waals surface area contributed by atoms with Gasteiger partial charge in [-0.15, -0.1) is 0 Å². The summed E-state index contributed by atoms with van der Waals surface area (Å²) in [6.07, 6.45) is -4.68. The van der Waals surface area contributed by atoms with Crippen molar-refractivity contribution in [1.82, 2.24) is 9.78 Å². The Hall–Kier alpha value is -2.52. The molecule has 0 amide bonds. The van der Waals surface area contributed by atoms with Crippen molar-refractivity contribution in [3.05, 3.63) is 70.9 Å². The minimum atomic E-state index is -4.68. The number of alkyl halides is 3. The van der Waals surface area contributed by atoms with Gasteiger partial charge in [0, 0.05) is 11.1 Å². The molecule has 0 aliphatic rings. The number of benzene rings is 2. The van der Waals surface area contributed by atoms with Gasteiger partial charge in [-0.1, -0.05) is 23.7 Å². The fourth-order valence-electron chi connectivity index (χ4n) is 2.32. The summed E-state index contributed by atoms with van der Waals surface area (Å²) in [7, 11) is -4.52. The Balaban J connectivity index is 2.01. The van der Waals surface area contributed by atoms with E-state index in [1.165, 1.54) is 16.8 Å². The van der Waals surface area contributed by atoms with E-state index < -0.39 is 26.8 Å². The van der Waals surface area contributed by atoms with Gasteiger partial charge in [0.05, 0.1) is 16.9 Å². The molecule has 3 rings (SSSR count). The van der Waals surface area contributed by atoms with Crippen LogP contribution in [0.4, 0.5) is 13.2 Å². The van der Waals surface area contributed by atoms with Gasteiger partial charge in [0.2, 0.25) is 5.88 Å². The largest absolute Gasteiger partial charge is 0.416 e. The van der Waals surface area contributed by atoms with E-state index in [9.17, 15) is 21.6 Å². The lowest BCUT2D eigenvalue weighted by atomic mass is 10.2. The molecule has 142 valence electrons. The normalized spacial score (nSPS) is 12.2. The molecule has 0 radical (unpaired) electrons. The van der Waals surface area contributed by atoms with Crippen LogP contribution in [0.2, 0.25) is 5.02 Å². The summed E-state index contributed by atoms with van der Waals surface area (Å²) in [6.45, 7) is 1.62.